The molecule has 1 aromatic carbocycles. The molecule has 19 heavy (non-hydrogen) atoms. The molecule has 1 aromatic heterocycles. The minimum Gasteiger partial charge on any atom is -0.384 e. The van der Waals surface area contributed by atoms with Gasteiger partial charge in [0, 0.05) is 11.1 Å². The van der Waals surface area contributed by atoms with Crippen molar-refractivity contribution in [1.82, 2.24) is 9.97 Å². The Morgan fingerprint density at radius 2 is 1.89 bits per heavy atom. The van der Waals surface area contributed by atoms with Gasteiger partial charge in [-0.25, -0.2) is 9.97 Å². The number of benzene rings is 1. The third-order valence-corrected chi connectivity index (χ3v) is 2.28. The van der Waals surface area contributed by atoms with Crippen LogP contribution in [0.3, 0.4) is 0 Å². The van der Waals surface area contributed by atoms with Crippen molar-refractivity contribution < 1.29 is 9.90 Å². The molecule has 0 aliphatic rings. The zero-order chi connectivity index (χ0) is 13.5. The van der Waals surface area contributed by atoms with E-state index in [2.05, 4.69) is 27.1 Å². The van der Waals surface area contributed by atoms with Gasteiger partial charge in [0.25, 0.3) is 5.91 Å². The third kappa shape index (κ3) is 3.63. The lowest BCUT2D eigenvalue weighted by Crippen LogP contribution is -2.12. The van der Waals surface area contributed by atoms with Gasteiger partial charge in [-0.15, -0.1) is 0 Å². The average molecular weight is 253 g/mol. The highest BCUT2D eigenvalue weighted by molar-refractivity contribution is 6.04. The molecule has 0 bridgehead atoms. The predicted molar refractivity (Wildman–Crippen MR) is 70.4 cm³/mol. The SMILES string of the molecule is O=C(Nc1cncnc1)c1ccc(C#CCO)cc1. The van der Waals surface area contributed by atoms with Crippen LogP contribution in [0.1, 0.15) is 15.9 Å². The summed E-state index contributed by atoms with van der Waals surface area (Å²) in [7, 11) is 0. The van der Waals surface area contributed by atoms with Crippen molar-refractivity contribution in [2.24, 2.45) is 0 Å². The van der Waals surface area contributed by atoms with Crippen LogP contribution in [0, 0.1) is 11.8 Å². The number of nitrogens with zero attached hydrogens (tertiary/aromatic N) is 2. The maximum Gasteiger partial charge on any atom is 0.255 e. The molecule has 0 aliphatic heterocycles. The van der Waals surface area contributed by atoms with E-state index in [0.29, 0.717) is 11.3 Å². The number of aliphatic hydroxyl groups is 1. The summed E-state index contributed by atoms with van der Waals surface area (Å²) in [5, 5.41) is 11.3. The first kappa shape index (κ1) is 12.7. The van der Waals surface area contributed by atoms with Gasteiger partial charge in [-0.3, -0.25) is 4.79 Å². The number of hydrogen-bond donors (Lipinski definition) is 2. The van der Waals surface area contributed by atoms with E-state index in [-0.39, 0.29) is 12.5 Å². The lowest BCUT2D eigenvalue weighted by molar-refractivity contribution is 0.102. The minimum atomic E-state index is -0.239. The predicted octanol–water partition coefficient (Wildman–Crippen LogP) is 1.07. The first-order valence-electron chi connectivity index (χ1n) is 5.56. The van der Waals surface area contributed by atoms with Crippen LogP contribution >= 0.6 is 0 Å². The highest BCUT2D eigenvalue weighted by Gasteiger charge is 2.05. The Labute approximate surface area is 110 Å². The van der Waals surface area contributed by atoms with E-state index >= 15 is 0 Å². The smallest absolute Gasteiger partial charge is 0.255 e. The monoisotopic (exact) mass is 253 g/mol. The topological polar surface area (TPSA) is 75.1 Å². The van der Waals surface area contributed by atoms with Gasteiger partial charge in [0.1, 0.15) is 12.9 Å². The summed E-state index contributed by atoms with van der Waals surface area (Å²) >= 11 is 0. The molecule has 2 rings (SSSR count). The molecule has 0 radical (unpaired) electrons. The number of aromatic nitrogens is 2. The molecular formula is C14H11N3O2. The standard InChI is InChI=1S/C14H11N3O2/c18-7-1-2-11-3-5-12(6-4-11)14(19)17-13-8-15-10-16-9-13/h3-6,8-10,18H,7H2,(H,17,19). The fraction of sp³-hybridized carbons (Fsp3) is 0.0714. The van der Waals surface area contributed by atoms with Crippen LogP contribution in [0.4, 0.5) is 5.69 Å². The molecule has 5 nitrogen and oxygen atoms in total. The Morgan fingerprint density at radius 3 is 2.53 bits per heavy atom. The van der Waals surface area contributed by atoms with E-state index in [1.807, 2.05) is 0 Å². The molecule has 94 valence electrons. The van der Waals surface area contributed by atoms with Gasteiger partial charge in [0.15, 0.2) is 0 Å². The van der Waals surface area contributed by atoms with Crippen molar-refractivity contribution >= 4 is 11.6 Å². The Morgan fingerprint density at radius 1 is 1.21 bits per heavy atom. The van der Waals surface area contributed by atoms with Crippen LogP contribution in [0.2, 0.25) is 0 Å². The molecule has 2 N–H and O–H groups in total. The first-order chi connectivity index (χ1) is 9.29. The van der Waals surface area contributed by atoms with Gasteiger partial charge >= 0.3 is 0 Å². The van der Waals surface area contributed by atoms with Gasteiger partial charge in [-0.05, 0) is 24.3 Å². The largest absolute Gasteiger partial charge is 0.384 e. The molecule has 0 saturated heterocycles. The van der Waals surface area contributed by atoms with Gasteiger partial charge in [-0.2, -0.15) is 0 Å². The first-order valence-corrected chi connectivity index (χ1v) is 5.56. The number of hydrogen-bond acceptors (Lipinski definition) is 4. The van der Waals surface area contributed by atoms with Gasteiger partial charge in [0.05, 0.1) is 18.1 Å². The minimum absolute atomic E-state index is 0.184. The van der Waals surface area contributed by atoms with Crippen molar-refractivity contribution in [2.45, 2.75) is 0 Å². The highest BCUT2D eigenvalue weighted by Crippen LogP contribution is 2.07. The van der Waals surface area contributed by atoms with Gasteiger partial charge in [-0.1, -0.05) is 11.8 Å². The van der Waals surface area contributed by atoms with Crippen LogP contribution in [0.5, 0.6) is 0 Å². The molecule has 0 aliphatic carbocycles. The number of carbonyl (C=O) groups is 1. The fourth-order valence-electron chi connectivity index (χ4n) is 1.41. The summed E-state index contributed by atoms with van der Waals surface area (Å²) in [6.07, 6.45) is 4.43. The van der Waals surface area contributed by atoms with E-state index in [0.717, 1.165) is 5.56 Å². The van der Waals surface area contributed by atoms with Crippen LogP contribution in [0.25, 0.3) is 0 Å². The summed E-state index contributed by atoms with van der Waals surface area (Å²) in [5.41, 5.74) is 1.80. The van der Waals surface area contributed by atoms with Gasteiger partial charge < -0.3 is 10.4 Å². The maximum absolute atomic E-state index is 11.9. The Bertz CT molecular complexity index is 613. The second kappa shape index (κ2) is 6.28. The lowest BCUT2D eigenvalue weighted by atomic mass is 10.1. The summed E-state index contributed by atoms with van der Waals surface area (Å²) in [5.74, 6) is 5.06. The maximum atomic E-state index is 11.9. The number of rotatable bonds is 2. The number of amides is 1. The normalized spacial score (nSPS) is 9.32. The van der Waals surface area contributed by atoms with Crippen LogP contribution in [-0.4, -0.2) is 27.6 Å². The zero-order valence-corrected chi connectivity index (χ0v) is 10.00. The summed E-state index contributed by atoms with van der Waals surface area (Å²) in [4.78, 5) is 19.5. The molecule has 2 aromatic rings. The molecule has 0 atom stereocenters. The average Bonchev–Trinajstić information content (AvgIpc) is 2.46. The fourth-order valence-corrected chi connectivity index (χ4v) is 1.41. The Hall–Kier alpha value is -2.71. The summed E-state index contributed by atoms with van der Waals surface area (Å²) in [6, 6.07) is 6.78. The van der Waals surface area contributed by atoms with Crippen molar-refractivity contribution in [3.05, 3.63) is 54.1 Å². The highest BCUT2D eigenvalue weighted by atomic mass is 16.2. The Balaban J connectivity index is 2.08. The lowest BCUT2D eigenvalue weighted by Gasteiger charge is -2.03. The number of nitrogens with one attached hydrogen (secondary N) is 1. The second-order valence-electron chi connectivity index (χ2n) is 3.62. The zero-order valence-electron chi connectivity index (χ0n) is 10.00. The molecule has 5 heteroatoms. The summed E-state index contributed by atoms with van der Waals surface area (Å²) in [6.45, 7) is -0.184. The molecule has 1 heterocycles. The van der Waals surface area contributed by atoms with Crippen molar-refractivity contribution in [2.75, 3.05) is 11.9 Å². The van der Waals surface area contributed by atoms with E-state index < -0.39 is 0 Å². The van der Waals surface area contributed by atoms with Crippen molar-refractivity contribution in [1.29, 1.82) is 0 Å². The van der Waals surface area contributed by atoms with E-state index in [4.69, 9.17) is 5.11 Å². The molecule has 0 spiro atoms. The molecule has 0 unspecified atom stereocenters. The van der Waals surface area contributed by atoms with E-state index in [1.54, 1.807) is 24.3 Å². The summed E-state index contributed by atoms with van der Waals surface area (Å²) < 4.78 is 0. The van der Waals surface area contributed by atoms with Crippen molar-refractivity contribution in [3.8, 4) is 11.8 Å². The number of anilines is 1. The molecule has 0 saturated carbocycles. The third-order valence-electron chi connectivity index (χ3n) is 2.28. The Kier molecular flexibility index (Phi) is 4.21. The quantitative estimate of drug-likeness (QED) is 0.785. The van der Waals surface area contributed by atoms with Gasteiger partial charge in [0.2, 0.25) is 0 Å². The van der Waals surface area contributed by atoms with Crippen LogP contribution in [-0.2, 0) is 0 Å². The van der Waals surface area contributed by atoms with E-state index in [9.17, 15) is 4.79 Å². The second-order valence-corrected chi connectivity index (χ2v) is 3.62. The van der Waals surface area contributed by atoms with Crippen LogP contribution in [0.15, 0.2) is 43.0 Å². The van der Waals surface area contributed by atoms with Crippen LogP contribution < -0.4 is 5.32 Å². The number of aliphatic hydroxyl groups excluding tert-OH is 1. The van der Waals surface area contributed by atoms with E-state index in [1.165, 1.54) is 18.7 Å². The van der Waals surface area contributed by atoms with Crippen molar-refractivity contribution in [3.63, 3.8) is 0 Å². The number of carbonyl (C=O) groups excluding carboxylic acids is 1. The molecular weight excluding hydrogens is 242 g/mol. The molecule has 0 fully saturated rings. The molecule has 1 amide bonds.